The summed E-state index contributed by atoms with van der Waals surface area (Å²) in [6.07, 6.45) is 0. The van der Waals surface area contributed by atoms with Gasteiger partial charge in [-0.15, -0.1) is 0 Å². The molecule has 19 heavy (non-hydrogen) atoms. The Balaban J connectivity index is 2.40. The predicted molar refractivity (Wildman–Crippen MR) is 75.0 cm³/mol. The van der Waals surface area contributed by atoms with Crippen LogP contribution in [0.1, 0.15) is 11.1 Å². The number of nitrogens with one attached hydrogen (secondary N) is 1. The maximum atomic E-state index is 9.03. The minimum absolute atomic E-state index is 0.433. The van der Waals surface area contributed by atoms with E-state index in [1.54, 1.807) is 36.4 Å². The Morgan fingerprint density at radius 1 is 1.00 bits per heavy atom. The molecule has 3 N–H and O–H groups in total. The highest BCUT2D eigenvalue weighted by Gasteiger charge is 2.06. The number of benzene rings is 2. The molecule has 2 aromatic rings. The Kier molecular flexibility index (Phi) is 3.56. The van der Waals surface area contributed by atoms with Crippen molar-refractivity contribution in [3.8, 4) is 12.1 Å². The van der Waals surface area contributed by atoms with Gasteiger partial charge in [0.2, 0.25) is 0 Å². The third-order valence-corrected chi connectivity index (χ3v) is 2.79. The molecule has 0 spiro atoms. The Morgan fingerprint density at radius 3 is 2.42 bits per heavy atom. The fourth-order valence-corrected chi connectivity index (χ4v) is 1.78. The Morgan fingerprint density at radius 2 is 1.79 bits per heavy atom. The summed E-state index contributed by atoms with van der Waals surface area (Å²) in [5.74, 6) is 0. The second-order valence-corrected chi connectivity index (χ2v) is 4.28. The van der Waals surface area contributed by atoms with Crippen LogP contribution in [0.4, 0.5) is 17.1 Å². The summed E-state index contributed by atoms with van der Waals surface area (Å²) in [5.41, 5.74) is 8.42. The lowest BCUT2D eigenvalue weighted by molar-refractivity contribution is 1.45. The van der Waals surface area contributed by atoms with E-state index in [0.717, 1.165) is 0 Å². The van der Waals surface area contributed by atoms with Crippen LogP contribution in [0.3, 0.4) is 0 Å². The molecule has 0 amide bonds. The highest BCUT2D eigenvalue weighted by atomic mass is 35.5. The molecule has 0 saturated carbocycles. The minimum atomic E-state index is 0.433. The van der Waals surface area contributed by atoms with E-state index in [-0.39, 0.29) is 0 Å². The van der Waals surface area contributed by atoms with E-state index in [9.17, 15) is 0 Å². The maximum absolute atomic E-state index is 9.03. The largest absolute Gasteiger partial charge is 0.397 e. The van der Waals surface area contributed by atoms with Gasteiger partial charge in [-0.2, -0.15) is 10.5 Å². The maximum Gasteiger partial charge on any atom is 0.101 e. The van der Waals surface area contributed by atoms with Crippen molar-refractivity contribution in [2.24, 2.45) is 0 Å². The second kappa shape index (κ2) is 5.30. The summed E-state index contributed by atoms with van der Waals surface area (Å²) in [6, 6.07) is 13.9. The number of hydrogen-bond acceptors (Lipinski definition) is 4. The van der Waals surface area contributed by atoms with E-state index in [1.807, 2.05) is 6.07 Å². The molecule has 0 bridgehead atoms. The van der Waals surface area contributed by atoms with Crippen molar-refractivity contribution in [2.75, 3.05) is 11.1 Å². The summed E-state index contributed by atoms with van der Waals surface area (Å²) in [7, 11) is 0. The van der Waals surface area contributed by atoms with Gasteiger partial charge in [0.15, 0.2) is 0 Å². The van der Waals surface area contributed by atoms with Crippen molar-refractivity contribution in [1.29, 1.82) is 10.5 Å². The lowest BCUT2D eigenvalue weighted by Crippen LogP contribution is -1.98. The zero-order valence-electron chi connectivity index (χ0n) is 9.81. The molecule has 92 valence electrons. The molecular weight excluding hydrogens is 260 g/mol. The molecule has 0 radical (unpaired) electrons. The topological polar surface area (TPSA) is 85.6 Å². The molecule has 0 aliphatic heterocycles. The van der Waals surface area contributed by atoms with Gasteiger partial charge in [-0.1, -0.05) is 11.6 Å². The van der Waals surface area contributed by atoms with Crippen LogP contribution in [-0.4, -0.2) is 0 Å². The molecule has 0 heterocycles. The quantitative estimate of drug-likeness (QED) is 0.817. The molecule has 0 aromatic heterocycles. The van der Waals surface area contributed by atoms with Gasteiger partial charge >= 0.3 is 0 Å². The first kappa shape index (κ1) is 12.8. The van der Waals surface area contributed by atoms with Crippen molar-refractivity contribution >= 4 is 28.7 Å². The average Bonchev–Trinajstić information content (AvgIpc) is 2.41. The predicted octanol–water partition coefficient (Wildman–Crippen LogP) is 3.41. The summed E-state index contributed by atoms with van der Waals surface area (Å²) in [5, 5.41) is 21.4. The summed E-state index contributed by atoms with van der Waals surface area (Å²) >= 11 is 5.90. The zero-order valence-corrected chi connectivity index (χ0v) is 10.6. The number of nitriles is 2. The molecule has 0 unspecified atom stereocenters. The van der Waals surface area contributed by atoms with Crippen LogP contribution in [0.15, 0.2) is 36.4 Å². The Labute approximate surface area is 115 Å². The summed E-state index contributed by atoms with van der Waals surface area (Å²) < 4.78 is 0. The van der Waals surface area contributed by atoms with Gasteiger partial charge in [-0.25, -0.2) is 0 Å². The monoisotopic (exact) mass is 268 g/mol. The molecule has 2 rings (SSSR count). The molecule has 0 aliphatic carbocycles. The first-order valence-electron chi connectivity index (χ1n) is 5.40. The van der Waals surface area contributed by atoms with Gasteiger partial charge in [-0.05, 0) is 36.4 Å². The SMILES string of the molecule is N#Cc1ccc(Nc2cc(Cl)ccc2C#N)c(N)c1. The fourth-order valence-electron chi connectivity index (χ4n) is 1.61. The molecule has 0 fully saturated rings. The molecule has 5 heteroatoms. The van der Waals surface area contributed by atoms with Crippen molar-refractivity contribution < 1.29 is 0 Å². The average molecular weight is 269 g/mol. The van der Waals surface area contributed by atoms with Gasteiger partial charge in [-0.3, -0.25) is 0 Å². The first-order chi connectivity index (χ1) is 9.13. The van der Waals surface area contributed by atoms with Crippen molar-refractivity contribution in [2.45, 2.75) is 0 Å². The van der Waals surface area contributed by atoms with Crippen molar-refractivity contribution in [3.63, 3.8) is 0 Å². The van der Waals surface area contributed by atoms with Crippen LogP contribution in [0.5, 0.6) is 0 Å². The number of rotatable bonds is 2. The summed E-state index contributed by atoms with van der Waals surface area (Å²) in [6.45, 7) is 0. The van der Waals surface area contributed by atoms with E-state index in [1.165, 1.54) is 0 Å². The zero-order chi connectivity index (χ0) is 13.8. The number of nitrogen functional groups attached to an aromatic ring is 1. The third-order valence-electron chi connectivity index (χ3n) is 2.55. The van der Waals surface area contributed by atoms with E-state index in [0.29, 0.717) is 33.2 Å². The lowest BCUT2D eigenvalue weighted by atomic mass is 10.1. The molecule has 2 aromatic carbocycles. The number of nitrogens with zero attached hydrogens (tertiary/aromatic N) is 2. The standard InChI is InChI=1S/C14H9ClN4/c15-11-3-2-10(8-17)14(6-11)19-13-4-1-9(7-16)5-12(13)18/h1-6,19H,18H2. The van der Waals surface area contributed by atoms with Crippen LogP contribution >= 0.6 is 11.6 Å². The van der Waals surface area contributed by atoms with Crippen LogP contribution in [-0.2, 0) is 0 Å². The van der Waals surface area contributed by atoms with Crippen LogP contribution in [0.25, 0.3) is 0 Å². The van der Waals surface area contributed by atoms with Crippen molar-refractivity contribution in [1.82, 2.24) is 0 Å². The number of anilines is 3. The fraction of sp³-hybridized carbons (Fsp3) is 0. The van der Waals surface area contributed by atoms with E-state index in [2.05, 4.69) is 11.4 Å². The van der Waals surface area contributed by atoms with E-state index in [4.69, 9.17) is 27.9 Å². The Hall–Kier alpha value is -2.69. The second-order valence-electron chi connectivity index (χ2n) is 3.84. The smallest absolute Gasteiger partial charge is 0.101 e. The number of hydrogen-bond donors (Lipinski definition) is 2. The van der Waals surface area contributed by atoms with E-state index < -0.39 is 0 Å². The number of nitrogens with two attached hydrogens (primary N) is 1. The molecule has 0 saturated heterocycles. The van der Waals surface area contributed by atoms with Gasteiger partial charge < -0.3 is 11.1 Å². The van der Waals surface area contributed by atoms with Gasteiger partial charge in [0.05, 0.1) is 34.3 Å². The molecule has 4 nitrogen and oxygen atoms in total. The van der Waals surface area contributed by atoms with Crippen LogP contribution in [0, 0.1) is 22.7 Å². The van der Waals surface area contributed by atoms with Crippen LogP contribution < -0.4 is 11.1 Å². The van der Waals surface area contributed by atoms with E-state index >= 15 is 0 Å². The van der Waals surface area contributed by atoms with Crippen LogP contribution in [0.2, 0.25) is 5.02 Å². The first-order valence-corrected chi connectivity index (χ1v) is 5.78. The summed E-state index contributed by atoms with van der Waals surface area (Å²) in [4.78, 5) is 0. The van der Waals surface area contributed by atoms with Crippen molar-refractivity contribution in [3.05, 3.63) is 52.5 Å². The van der Waals surface area contributed by atoms with Gasteiger partial charge in [0.1, 0.15) is 6.07 Å². The molecule has 0 atom stereocenters. The third kappa shape index (κ3) is 2.77. The normalized spacial score (nSPS) is 9.42. The highest BCUT2D eigenvalue weighted by Crippen LogP contribution is 2.28. The minimum Gasteiger partial charge on any atom is -0.397 e. The highest BCUT2D eigenvalue weighted by molar-refractivity contribution is 6.30. The molecular formula is C14H9ClN4. The van der Waals surface area contributed by atoms with Gasteiger partial charge in [0.25, 0.3) is 0 Å². The Bertz CT molecular complexity index is 710. The van der Waals surface area contributed by atoms with Gasteiger partial charge in [0, 0.05) is 5.02 Å². The molecule has 0 aliphatic rings. The number of halogens is 1. The lowest BCUT2D eigenvalue weighted by Gasteiger charge is -2.11.